The zero-order chi connectivity index (χ0) is 13.5. The smallest absolute Gasteiger partial charge is 0.201 e. The minimum atomic E-state index is -0.371. The second kappa shape index (κ2) is 6.25. The van der Waals surface area contributed by atoms with E-state index in [4.69, 9.17) is 21.1 Å². The summed E-state index contributed by atoms with van der Waals surface area (Å²) < 4.78 is 5.48. The van der Waals surface area contributed by atoms with Gasteiger partial charge in [0.2, 0.25) is 5.71 Å². The van der Waals surface area contributed by atoms with E-state index in [0.29, 0.717) is 5.69 Å². The number of hydrogen-bond donors (Lipinski definition) is 3. The van der Waals surface area contributed by atoms with Crippen LogP contribution >= 0.6 is 0 Å². The van der Waals surface area contributed by atoms with Crippen LogP contribution in [0.2, 0.25) is 0 Å². The van der Waals surface area contributed by atoms with Gasteiger partial charge in [-0.3, -0.25) is 10.8 Å². The van der Waals surface area contributed by atoms with Gasteiger partial charge in [-0.1, -0.05) is 0 Å². The third kappa shape index (κ3) is 4.14. The monoisotopic (exact) mass is 245 g/mol. The predicted molar refractivity (Wildman–Crippen MR) is 70.8 cm³/mol. The molecule has 0 atom stereocenters. The molecule has 1 aromatic rings. The van der Waals surface area contributed by atoms with Crippen molar-refractivity contribution in [3.63, 3.8) is 0 Å². The summed E-state index contributed by atoms with van der Waals surface area (Å²) >= 11 is 0. The van der Waals surface area contributed by atoms with Crippen LogP contribution in [0.3, 0.4) is 0 Å². The molecule has 0 unspecified atom stereocenters. The molecule has 0 heterocycles. The molecule has 0 amide bonds. The summed E-state index contributed by atoms with van der Waals surface area (Å²) in [5, 5.41) is 19.5. The van der Waals surface area contributed by atoms with Gasteiger partial charge in [-0.2, -0.15) is 10.4 Å². The van der Waals surface area contributed by atoms with Gasteiger partial charge in [-0.05, 0) is 38.1 Å². The Kier molecular flexibility index (Phi) is 4.69. The van der Waals surface area contributed by atoms with Crippen molar-refractivity contribution >= 4 is 17.2 Å². The van der Waals surface area contributed by atoms with Crippen LogP contribution in [-0.4, -0.2) is 17.7 Å². The molecule has 1 aromatic carbocycles. The SMILES string of the molecule is CC(C)Oc1ccc(N/N=C(\C#N)C(=N)N)cc1. The number of amidine groups is 1. The first kappa shape index (κ1) is 13.5. The number of nitrogens with one attached hydrogen (secondary N) is 2. The molecule has 0 spiro atoms. The molecule has 6 heteroatoms. The van der Waals surface area contributed by atoms with Crippen molar-refractivity contribution in [2.45, 2.75) is 20.0 Å². The summed E-state index contributed by atoms with van der Waals surface area (Å²) in [6.07, 6.45) is 0.115. The van der Waals surface area contributed by atoms with Crippen LogP contribution < -0.4 is 15.9 Å². The molecule has 1 rings (SSSR count). The number of nitriles is 1. The van der Waals surface area contributed by atoms with E-state index in [2.05, 4.69) is 10.5 Å². The Morgan fingerprint density at radius 1 is 1.44 bits per heavy atom. The van der Waals surface area contributed by atoms with Gasteiger partial charge in [-0.15, -0.1) is 0 Å². The largest absolute Gasteiger partial charge is 0.491 e. The topological polar surface area (TPSA) is 107 Å². The Balaban J connectivity index is 2.70. The van der Waals surface area contributed by atoms with E-state index in [1.807, 2.05) is 13.8 Å². The van der Waals surface area contributed by atoms with Gasteiger partial charge in [-0.25, -0.2) is 0 Å². The van der Waals surface area contributed by atoms with Crippen molar-refractivity contribution in [2.24, 2.45) is 10.8 Å². The summed E-state index contributed by atoms with van der Waals surface area (Å²) in [6, 6.07) is 8.82. The van der Waals surface area contributed by atoms with Gasteiger partial charge >= 0.3 is 0 Å². The highest BCUT2D eigenvalue weighted by atomic mass is 16.5. The number of anilines is 1. The predicted octanol–water partition coefficient (Wildman–Crippen LogP) is 1.70. The van der Waals surface area contributed by atoms with Gasteiger partial charge in [0.25, 0.3) is 0 Å². The van der Waals surface area contributed by atoms with Crippen LogP contribution in [0.25, 0.3) is 0 Å². The Hall–Kier alpha value is -2.55. The van der Waals surface area contributed by atoms with Crippen LogP contribution in [0.1, 0.15) is 13.8 Å². The van der Waals surface area contributed by atoms with Crippen molar-refractivity contribution in [3.05, 3.63) is 24.3 Å². The summed E-state index contributed by atoms with van der Waals surface area (Å²) in [7, 11) is 0. The molecule has 0 aliphatic carbocycles. The fraction of sp³-hybridized carbons (Fsp3) is 0.250. The van der Waals surface area contributed by atoms with Crippen molar-refractivity contribution in [1.29, 1.82) is 10.7 Å². The molecular weight excluding hydrogens is 230 g/mol. The lowest BCUT2D eigenvalue weighted by atomic mass is 10.3. The lowest BCUT2D eigenvalue weighted by Gasteiger charge is -2.09. The van der Waals surface area contributed by atoms with Gasteiger partial charge in [0.1, 0.15) is 11.8 Å². The maximum absolute atomic E-state index is 8.66. The van der Waals surface area contributed by atoms with Crippen LogP contribution in [0.4, 0.5) is 5.69 Å². The number of rotatable bonds is 5. The summed E-state index contributed by atoms with van der Waals surface area (Å²) in [4.78, 5) is 0. The van der Waals surface area contributed by atoms with E-state index in [9.17, 15) is 0 Å². The molecular formula is C12H15N5O. The zero-order valence-electron chi connectivity index (χ0n) is 10.3. The van der Waals surface area contributed by atoms with E-state index in [1.165, 1.54) is 0 Å². The minimum absolute atomic E-state index is 0.115. The molecule has 6 nitrogen and oxygen atoms in total. The molecule has 0 saturated heterocycles. The average Bonchev–Trinajstić information content (AvgIpc) is 2.31. The lowest BCUT2D eigenvalue weighted by molar-refractivity contribution is 0.242. The summed E-state index contributed by atoms with van der Waals surface area (Å²) in [5.74, 6) is 0.386. The summed E-state index contributed by atoms with van der Waals surface area (Å²) in [5.41, 5.74) is 8.33. The fourth-order valence-corrected chi connectivity index (χ4v) is 1.15. The highest BCUT2D eigenvalue weighted by Crippen LogP contribution is 2.16. The molecule has 0 aromatic heterocycles. The highest BCUT2D eigenvalue weighted by Gasteiger charge is 2.01. The van der Waals surface area contributed by atoms with E-state index in [-0.39, 0.29) is 17.7 Å². The standard InChI is InChI=1S/C12H15N5O/c1-8(2)18-10-5-3-9(4-6-10)16-17-11(7-13)12(14)15/h3-6,8,16H,1-2H3,(H3,14,15)/b17-11+. The lowest BCUT2D eigenvalue weighted by Crippen LogP contribution is -2.21. The van der Waals surface area contributed by atoms with Gasteiger partial charge < -0.3 is 10.5 Å². The third-order valence-corrected chi connectivity index (χ3v) is 1.88. The first-order chi connectivity index (χ1) is 8.52. The molecule has 18 heavy (non-hydrogen) atoms. The molecule has 0 aliphatic rings. The Morgan fingerprint density at radius 2 is 2.06 bits per heavy atom. The highest BCUT2D eigenvalue weighted by molar-refractivity contribution is 6.45. The maximum Gasteiger partial charge on any atom is 0.201 e. The molecule has 0 radical (unpaired) electrons. The van der Waals surface area contributed by atoms with E-state index in [1.54, 1.807) is 30.3 Å². The van der Waals surface area contributed by atoms with Crippen LogP contribution in [0.5, 0.6) is 5.75 Å². The number of hydrazone groups is 1. The molecule has 0 aliphatic heterocycles. The Bertz CT molecular complexity index is 484. The Labute approximate surface area is 106 Å². The quantitative estimate of drug-likeness (QED) is 0.417. The van der Waals surface area contributed by atoms with Crippen molar-refractivity contribution < 1.29 is 4.74 Å². The summed E-state index contributed by atoms with van der Waals surface area (Å²) in [6.45, 7) is 3.89. The van der Waals surface area contributed by atoms with Gasteiger partial charge in [0.15, 0.2) is 5.84 Å². The minimum Gasteiger partial charge on any atom is -0.491 e. The second-order valence-corrected chi connectivity index (χ2v) is 3.79. The number of ether oxygens (including phenoxy) is 1. The van der Waals surface area contributed by atoms with Crippen LogP contribution in [-0.2, 0) is 0 Å². The van der Waals surface area contributed by atoms with Crippen molar-refractivity contribution in [2.75, 3.05) is 5.43 Å². The van der Waals surface area contributed by atoms with E-state index < -0.39 is 0 Å². The second-order valence-electron chi connectivity index (χ2n) is 3.79. The van der Waals surface area contributed by atoms with Crippen molar-refractivity contribution in [1.82, 2.24) is 0 Å². The Morgan fingerprint density at radius 3 is 2.50 bits per heavy atom. The zero-order valence-corrected chi connectivity index (χ0v) is 10.3. The van der Waals surface area contributed by atoms with Crippen molar-refractivity contribution in [3.8, 4) is 11.8 Å². The molecule has 0 bridgehead atoms. The number of benzene rings is 1. The first-order valence-corrected chi connectivity index (χ1v) is 5.38. The average molecular weight is 245 g/mol. The van der Waals surface area contributed by atoms with Crippen LogP contribution in [0, 0.1) is 16.7 Å². The maximum atomic E-state index is 8.66. The van der Waals surface area contributed by atoms with E-state index >= 15 is 0 Å². The van der Waals surface area contributed by atoms with E-state index in [0.717, 1.165) is 5.75 Å². The number of nitrogens with two attached hydrogens (primary N) is 1. The first-order valence-electron chi connectivity index (χ1n) is 5.38. The molecule has 0 saturated carbocycles. The van der Waals surface area contributed by atoms with Gasteiger partial charge in [0, 0.05) is 0 Å². The normalized spacial score (nSPS) is 10.9. The molecule has 94 valence electrons. The van der Waals surface area contributed by atoms with Crippen LogP contribution in [0.15, 0.2) is 29.4 Å². The van der Waals surface area contributed by atoms with Gasteiger partial charge in [0.05, 0.1) is 11.8 Å². The number of nitrogens with zero attached hydrogens (tertiary/aromatic N) is 2. The number of hydrogen-bond acceptors (Lipinski definition) is 5. The molecule has 0 fully saturated rings. The molecule has 4 N–H and O–H groups in total. The fourth-order valence-electron chi connectivity index (χ4n) is 1.15. The third-order valence-electron chi connectivity index (χ3n) is 1.88.